The predicted octanol–water partition coefficient (Wildman–Crippen LogP) is 5.09. The zero-order valence-corrected chi connectivity index (χ0v) is 23.5. The molecule has 2 heterocycles. The molecule has 2 atom stereocenters. The lowest BCUT2D eigenvalue weighted by molar-refractivity contribution is -0.387. The van der Waals surface area contributed by atoms with Crippen molar-refractivity contribution in [1.82, 2.24) is 9.88 Å². The molecule has 1 aromatic heterocycles. The van der Waals surface area contributed by atoms with Gasteiger partial charge in [-0.15, -0.1) is 0 Å². The Morgan fingerprint density at radius 1 is 1.05 bits per heavy atom. The fraction of sp³-hybridized carbons (Fsp3) is 0.481. The van der Waals surface area contributed by atoms with E-state index in [9.17, 15) is 28.9 Å². The molecule has 1 aliphatic heterocycles. The lowest BCUT2D eigenvalue weighted by atomic mass is 10.1. The number of ether oxygens (including phenoxy) is 3. The van der Waals surface area contributed by atoms with Crippen LogP contribution in [0.2, 0.25) is 0 Å². The molecule has 216 valence electrons. The Kier molecular flexibility index (Phi) is 8.66. The van der Waals surface area contributed by atoms with Crippen LogP contribution in [-0.4, -0.2) is 69.9 Å². The predicted molar refractivity (Wildman–Crippen MR) is 142 cm³/mol. The van der Waals surface area contributed by atoms with Crippen LogP contribution < -0.4 is 4.90 Å². The highest BCUT2D eigenvalue weighted by molar-refractivity contribution is 5.89. The normalized spacial score (nSPS) is 17.2. The fourth-order valence-corrected chi connectivity index (χ4v) is 4.19. The van der Waals surface area contributed by atoms with Crippen molar-refractivity contribution in [3.05, 3.63) is 52.3 Å². The van der Waals surface area contributed by atoms with Gasteiger partial charge in [-0.05, 0) is 59.7 Å². The number of hydrogen-bond acceptors (Lipinski definition) is 9. The molecule has 3 rings (SSSR count). The maximum atomic E-state index is 15.0. The Labute approximate surface area is 231 Å². The van der Waals surface area contributed by atoms with Crippen molar-refractivity contribution in [2.24, 2.45) is 0 Å². The summed E-state index contributed by atoms with van der Waals surface area (Å²) in [5, 5.41) is 11.3. The number of amides is 2. The summed E-state index contributed by atoms with van der Waals surface area (Å²) in [5.74, 6) is -1.75. The van der Waals surface area contributed by atoms with Crippen molar-refractivity contribution < 1.29 is 37.9 Å². The van der Waals surface area contributed by atoms with Crippen LogP contribution in [0.25, 0.3) is 11.3 Å². The van der Waals surface area contributed by atoms with E-state index in [1.165, 1.54) is 47.2 Å². The van der Waals surface area contributed by atoms with Crippen LogP contribution in [0.3, 0.4) is 0 Å². The third-order valence-corrected chi connectivity index (χ3v) is 5.77. The van der Waals surface area contributed by atoms with E-state index in [1.807, 2.05) is 0 Å². The van der Waals surface area contributed by atoms with Gasteiger partial charge in [0.25, 0.3) is 0 Å². The molecule has 1 aliphatic rings. The number of rotatable bonds is 5. The van der Waals surface area contributed by atoms with E-state index >= 15 is 0 Å². The van der Waals surface area contributed by atoms with Gasteiger partial charge in [0.1, 0.15) is 23.1 Å². The quantitative estimate of drug-likeness (QED) is 0.212. The highest BCUT2D eigenvalue weighted by Gasteiger charge is 2.46. The van der Waals surface area contributed by atoms with Crippen LogP contribution in [0.1, 0.15) is 48.0 Å². The summed E-state index contributed by atoms with van der Waals surface area (Å²) in [5.41, 5.74) is -2.60. The molecule has 1 aromatic carbocycles. The van der Waals surface area contributed by atoms with E-state index in [0.29, 0.717) is 0 Å². The molecular weight excluding hydrogens is 527 g/mol. The number of halogens is 1. The number of nitro benzene ring substituents is 1. The summed E-state index contributed by atoms with van der Waals surface area (Å²) in [6.07, 6.45) is -1.62. The summed E-state index contributed by atoms with van der Waals surface area (Å²) in [6.45, 7) is 9.94. The van der Waals surface area contributed by atoms with Gasteiger partial charge in [-0.1, -0.05) is 12.1 Å². The second-order valence-corrected chi connectivity index (χ2v) is 11.2. The largest absolute Gasteiger partial charge is 0.467 e. The maximum Gasteiger partial charge on any atom is 0.416 e. The first-order valence-electron chi connectivity index (χ1n) is 12.5. The van der Waals surface area contributed by atoms with E-state index in [4.69, 9.17) is 14.2 Å². The van der Waals surface area contributed by atoms with Crippen LogP contribution in [0.4, 0.5) is 25.5 Å². The third-order valence-electron chi connectivity index (χ3n) is 5.77. The molecule has 0 radical (unpaired) electrons. The summed E-state index contributed by atoms with van der Waals surface area (Å²) >= 11 is 0. The Balaban J connectivity index is 2.08. The third kappa shape index (κ3) is 7.01. The first-order chi connectivity index (χ1) is 18.5. The topological polar surface area (TPSA) is 141 Å². The molecule has 0 bridgehead atoms. The SMILES string of the molecule is COC(=O)[C@@H]1C[C@H](N(C(=O)OC(C)(C)C)c2cccc(-c3cccc([N+](=O)[O-])c3F)n2)CN1C(=O)OC(C)(C)C. The summed E-state index contributed by atoms with van der Waals surface area (Å²) < 4.78 is 31.0. The molecule has 0 spiro atoms. The molecule has 0 unspecified atom stereocenters. The van der Waals surface area contributed by atoms with Gasteiger partial charge in [0, 0.05) is 24.6 Å². The van der Waals surface area contributed by atoms with Crippen molar-refractivity contribution in [3.8, 4) is 11.3 Å². The Morgan fingerprint density at radius 2 is 1.68 bits per heavy atom. The molecule has 2 amide bonds. The summed E-state index contributed by atoms with van der Waals surface area (Å²) in [4.78, 5) is 56.4. The molecule has 0 N–H and O–H groups in total. The number of carbonyl (C=O) groups excluding carboxylic acids is 3. The molecule has 0 aliphatic carbocycles. The van der Waals surface area contributed by atoms with Crippen molar-refractivity contribution in [1.29, 1.82) is 0 Å². The highest BCUT2D eigenvalue weighted by Crippen LogP contribution is 2.33. The standard InChI is InChI=1S/C27H33FN4O8/c1-26(2,3)39-24(34)30-15-16(14-20(30)23(33)38-7)31(25(35)40-27(4,5)6)21-13-9-11-18(29-21)17-10-8-12-19(22(17)28)32(36)37/h8-13,16,20H,14-15H2,1-7H3/t16-,20-/m0/s1. The molecule has 0 saturated carbocycles. The molecule has 2 aromatic rings. The molecular formula is C27H33FN4O8. The number of esters is 1. The van der Waals surface area contributed by atoms with Crippen molar-refractivity contribution >= 4 is 29.7 Å². The molecule has 1 fully saturated rings. The van der Waals surface area contributed by atoms with Crippen molar-refractivity contribution in [2.45, 2.75) is 71.2 Å². The first-order valence-corrected chi connectivity index (χ1v) is 12.5. The summed E-state index contributed by atoms with van der Waals surface area (Å²) in [7, 11) is 1.19. The van der Waals surface area contributed by atoms with Crippen LogP contribution in [0.5, 0.6) is 0 Å². The van der Waals surface area contributed by atoms with E-state index in [1.54, 1.807) is 41.5 Å². The van der Waals surface area contributed by atoms with E-state index in [2.05, 4.69) is 4.98 Å². The maximum absolute atomic E-state index is 15.0. The minimum Gasteiger partial charge on any atom is -0.467 e. The number of pyridine rings is 1. The van der Waals surface area contributed by atoms with Gasteiger partial charge in [0.2, 0.25) is 5.82 Å². The molecule has 40 heavy (non-hydrogen) atoms. The Hall–Kier alpha value is -4.29. The average molecular weight is 561 g/mol. The van der Waals surface area contributed by atoms with Crippen LogP contribution >= 0.6 is 0 Å². The van der Waals surface area contributed by atoms with Gasteiger partial charge in [-0.2, -0.15) is 4.39 Å². The monoisotopic (exact) mass is 560 g/mol. The van der Waals surface area contributed by atoms with Crippen LogP contribution in [0.15, 0.2) is 36.4 Å². The minimum absolute atomic E-state index is 0.0253. The number of aromatic nitrogens is 1. The lowest BCUT2D eigenvalue weighted by Gasteiger charge is -2.31. The average Bonchev–Trinajstić information content (AvgIpc) is 3.26. The lowest BCUT2D eigenvalue weighted by Crippen LogP contribution is -2.46. The van der Waals surface area contributed by atoms with Crippen LogP contribution in [0, 0.1) is 15.9 Å². The van der Waals surface area contributed by atoms with Gasteiger partial charge < -0.3 is 14.2 Å². The number of nitrogens with zero attached hydrogens (tertiary/aromatic N) is 4. The second kappa shape index (κ2) is 11.4. The highest BCUT2D eigenvalue weighted by atomic mass is 19.1. The van der Waals surface area contributed by atoms with Crippen LogP contribution in [-0.2, 0) is 19.0 Å². The Bertz CT molecular complexity index is 1300. The van der Waals surface area contributed by atoms with E-state index < -0.39 is 57.9 Å². The number of methoxy groups -OCH3 is 1. The number of likely N-dealkylation sites (tertiary alicyclic amines) is 1. The molecule has 13 heteroatoms. The summed E-state index contributed by atoms with van der Waals surface area (Å²) in [6, 6.07) is 6.24. The number of nitro groups is 1. The van der Waals surface area contributed by atoms with Gasteiger partial charge in [0.15, 0.2) is 0 Å². The molecule has 12 nitrogen and oxygen atoms in total. The van der Waals surface area contributed by atoms with Gasteiger partial charge in [-0.3, -0.25) is 19.9 Å². The van der Waals surface area contributed by atoms with Crippen molar-refractivity contribution in [3.63, 3.8) is 0 Å². The first kappa shape index (κ1) is 30.3. The number of anilines is 1. The number of carbonyl (C=O) groups is 3. The van der Waals surface area contributed by atoms with Gasteiger partial charge in [0.05, 0.1) is 23.8 Å². The van der Waals surface area contributed by atoms with Gasteiger partial charge in [-0.25, -0.2) is 19.4 Å². The second-order valence-electron chi connectivity index (χ2n) is 11.2. The molecule has 1 saturated heterocycles. The fourth-order valence-electron chi connectivity index (χ4n) is 4.19. The van der Waals surface area contributed by atoms with E-state index in [0.717, 1.165) is 6.07 Å². The minimum atomic E-state index is -1.08. The number of hydrogen-bond donors (Lipinski definition) is 0. The zero-order chi connectivity index (χ0) is 30.0. The zero-order valence-electron chi connectivity index (χ0n) is 23.5. The Morgan fingerprint density at radius 3 is 2.25 bits per heavy atom. The number of benzene rings is 1. The van der Waals surface area contributed by atoms with Gasteiger partial charge >= 0.3 is 23.8 Å². The smallest absolute Gasteiger partial charge is 0.416 e. The van der Waals surface area contributed by atoms with Crippen molar-refractivity contribution in [2.75, 3.05) is 18.6 Å². The van der Waals surface area contributed by atoms with E-state index in [-0.39, 0.29) is 30.0 Å².